The number of hydrogen-bond donors (Lipinski definition) is 2. The van der Waals surface area contributed by atoms with Gasteiger partial charge in [0.25, 0.3) is 0 Å². The van der Waals surface area contributed by atoms with E-state index < -0.39 is 5.97 Å². The van der Waals surface area contributed by atoms with Crippen molar-refractivity contribution in [2.24, 2.45) is 5.73 Å². The van der Waals surface area contributed by atoms with Crippen LogP contribution in [-0.4, -0.2) is 11.8 Å². The zero-order chi connectivity index (χ0) is 14.8. The summed E-state index contributed by atoms with van der Waals surface area (Å²) < 4.78 is 10.4. The van der Waals surface area contributed by atoms with E-state index in [1.54, 1.807) is 12.1 Å². The Hall–Kier alpha value is -3.08. The van der Waals surface area contributed by atoms with Crippen molar-refractivity contribution in [2.45, 2.75) is 0 Å². The molecule has 1 aromatic heterocycles. The molecule has 0 spiro atoms. The second kappa shape index (κ2) is 5.13. The summed E-state index contributed by atoms with van der Waals surface area (Å²) in [5, 5.41) is 9.24. The van der Waals surface area contributed by atoms with Gasteiger partial charge < -0.3 is 14.9 Å². The van der Waals surface area contributed by atoms with Crippen molar-refractivity contribution in [1.29, 1.82) is 5.41 Å². The van der Waals surface area contributed by atoms with E-state index in [1.165, 1.54) is 12.3 Å². The van der Waals surface area contributed by atoms with E-state index in [4.69, 9.17) is 20.3 Å². The van der Waals surface area contributed by atoms with Crippen LogP contribution in [0.4, 0.5) is 0 Å². The fraction of sp³-hybridized carbons (Fsp3) is 0. The Morgan fingerprint density at radius 1 is 1.10 bits per heavy atom. The van der Waals surface area contributed by atoms with Crippen LogP contribution in [-0.2, 0) is 0 Å². The minimum Gasteiger partial charge on any atom is -0.457 e. The summed E-state index contributed by atoms with van der Waals surface area (Å²) >= 11 is 0. The number of nitrogen functional groups attached to an aromatic ring is 1. The second-order valence-corrected chi connectivity index (χ2v) is 4.44. The molecule has 21 heavy (non-hydrogen) atoms. The van der Waals surface area contributed by atoms with Gasteiger partial charge in [0.05, 0.1) is 11.8 Å². The molecule has 104 valence electrons. The average molecular weight is 280 g/mol. The molecule has 3 N–H and O–H groups in total. The standard InChI is InChI=1S/C16H12N2O3/c17-15(18)12-8-7-10-4-1-2-5-11(10)14(12)21-16(19)13-6-3-9-20-13/h1-9H,(H3,17,18). The molecule has 0 amide bonds. The highest BCUT2D eigenvalue weighted by Crippen LogP contribution is 2.30. The van der Waals surface area contributed by atoms with Crippen molar-refractivity contribution in [2.75, 3.05) is 0 Å². The Morgan fingerprint density at radius 2 is 1.90 bits per heavy atom. The fourth-order valence-electron chi connectivity index (χ4n) is 2.10. The molecule has 3 rings (SSSR count). The van der Waals surface area contributed by atoms with E-state index in [0.29, 0.717) is 10.9 Å². The Balaban J connectivity index is 2.12. The number of rotatable bonds is 3. The Labute approximate surface area is 120 Å². The first-order chi connectivity index (χ1) is 10.2. The molecule has 3 aromatic rings. The number of carbonyl (C=O) groups excluding carboxylic acids is 1. The summed E-state index contributed by atoms with van der Waals surface area (Å²) in [6, 6.07) is 14.0. The van der Waals surface area contributed by atoms with E-state index in [9.17, 15) is 4.79 Å². The summed E-state index contributed by atoms with van der Waals surface area (Å²) in [5.74, 6) is -0.429. The predicted octanol–water partition coefficient (Wildman–Crippen LogP) is 2.94. The lowest BCUT2D eigenvalue weighted by Gasteiger charge is -2.11. The molecule has 5 heteroatoms. The lowest BCUT2D eigenvalue weighted by Crippen LogP contribution is -2.16. The van der Waals surface area contributed by atoms with Gasteiger partial charge in [0.1, 0.15) is 11.6 Å². The first-order valence-electron chi connectivity index (χ1n) is 6.28. The van der Waals surface area contributed by atoms with Crippen LogP contribution >= 0.6 is 0 Å². The summed E-state index contributed by atoms with van der Waals surface area (Å²) in [6.45, 7) is 0. The number of benzene rings is 2. The summed E-state index contributed by atoms with van der Waals surface area (Å²) in [4.78, 5) is 12.1. The van der Waals surface area contributed by atoms with Gasteiger partial charge in [0.2, 0.25) is 5.76 Å². The molecule has 0 aliphatic heterocycles. The molecule has 0 saturated heterocycles. The molecule has 0 radical (unpaired) electrons. The minimum atomic E-state index is -0.626. The van der Waals surface area contributed by atoms with Crippen LogP contribution in [0.2, 0.25) is 0 Å². The summed E-state index contributed by atoms with van der Waals surface area (Å²) in [6.07, 6.45) is 1.39. The zero-order valence-corrected chi connectivity index (χ0v) is 11.0. The van der Waals surface area contributed by atoms with Gasteiger partial charge in [-0.1, -0.05) is 30.3 Å². The SMILES string of the molecule is N=C(N)c1ccc2ccccc2c1OC(=O)c1ccco1. The van der Waals surface area contributed by atoms with Crippen molar-refractivity contribution in [3.05, 3.63) is 66.1 Å². The zero-order valence-electron chi connectivity index (χ0n) is 11.0. The maximum atomic E-state index is 12.1. The highest BCUT2D eigenvalue weighted by molar-refractivity contribution is 6.06. The number of nitrogens with two attached hydrogens (primary N) is 1. The van der Waals surface area contributed by atoms with Gasteiger partial charge in [0.15, 0.2) is 0 Å². The van der Waals surface area contributed by atoms with Crippen molar-refractivity contribution in [1.82, 2.24) is 0 Å². The van der Waals surface area contributed by atoms with Crippen molar-refractivity contribution in [3.63, 3.8) is 0 Å². The lowest BCUT2D eigenvalue weighted by molar-refractivity contribution is 0.0703. The van der Waals surface area contributed by atoms with E-state index in [0.717, 1.165) is 5.39 Å². The van der Waals surface area contributed by atoms with Gasteiger partial charge in [0, 0.05) is 5.39 Å². The molecule has 0 saturated carbocycles. The van der Waals surface area contributed by atoms with Gasteiger partial charge in [-0.2, -0.15) is 0 Å². The first-order valence-corrected chi connectivity index (χ1v) is 6.28. The van der Waals surface area contributed by atoms with Gasteiger partial charge in [-0.25, -0.2) is 4.79 Å². The van der Waals surface area contributed by atoms with Crippen LogP contribution in [0.25, 0.3) is 10.8 Å². The van der Waals surface area contributed by atoms with Gasteiger partial charge in [-0.15, -0.1) is 0 Å². The maximum absolute atomic E-state index is 12.1. The molecule has 0 unspecified atom stereocenters. The largest absolute Gasteiger partial charge is 0.457 e. The van der Waals surface area contributed by atoms with Crippen LogP contribution in [0.15, 0.2) is 59.2 Å². The third-order valence-corrected chi connectivity index (χ3v) is 3.09. The van der Waals surface area contributed by atoms with Crippen LogP contribution in [0.3, 0.4) is 0 Å². The molecular weight excluding hydrogens is 268 g/mol. The van der Waals surface area contributed by atoms with Crippen LogP contribution in [0, 0.1) is 5.41 Å². The smallest absolute Gasteiger partial charge is 0.379 e. The number of nitrogens with one attached hydrogen (secondary N) is 1. The van der Waals surface area contributed by atoms with Crippen molar-refractivity contribution in [3.8, 4) is 5.75 Å². The number of carbonyl (C=O) groups is 1. The Bertz CT molecular complexity index is 823. The molecule has 0 aliphatic rings. The van der Waals surface area contributed by atoms with E-state index in [2.05, 4.69) is 0 Å². The summed E-state index contributed by atoms with van der Waals surface area (Å²) in [7, 11) is 0. The van der Waals surface area contributed by atoms with E-state index >= 15 is 0 Å². The van der Waals surface area contributed by atoms with Crippen LogP contribution < -0.4 is 10.5 Å². The van der Waals surface area contributed by atoms with Gasteiger partial charge >= 0.3 is 5.97 Å². The number of amidine groups is 1. The number of furan rings is 1. The molecule has 0 fully saturated rings. The maximum Gasteiger partial charge on any atom is 0.379 e. The third-order valence-electron chi connectivity index (χ3n) is 3.09. The van der Waals surface area contributed by atoms with Gasteiger partial charge in [-0.3, -0.25) is 5.41 Å². The van der Waals surface area contributed by atoms with Gasteiger partial charge in [-0.05, 0) is 23.6 Å². The number of fused-ring (bicyclic) bond motifs is 1. The highest BCUT2D eigenvalue weighted by Gasteiger charge is 2.17. The van der Waals surface area contributed by atoms with Crippen molar-refractivity contribution < 1.29 is 13.9 Å². The molecule has 0 atom stereocenters. The first kappa shape index (κ1) is 12.9. The number of esters is 1. The normalized spacial score (nSPS) is 10.5. The van der Waals surface area contributed by atoms with Crippen LogP contribution in [0.5, 0.6) is 5.75 Å². The number of ether oxygens (including phenoxy) is 1. The quantitative estimate of drug-likeness (QED) is 0.334. The van der Waals surface area contributed by atoms with Crippen molar-refractivity contribution >= 4 is 22.6 Å². The second-order valence-electron chi connectivity index (χ2n) is 4.44. The molecule has 0 aliphatic carbocycles. The number of hydrogen-bond acceptors (Lipinski definition) is 4. The monoisotopic (exact) mass is 280 g/mol. The van der Waals surface area contributed by atoms with E-state index in [1.807, 2.05) is 30.3 Å². The molecule has 0 bridgehead atoms. The Kier molecular flexibility index (Phi) is 3.16. The lowest BCUT2D eigenvalue weighted by atomic mass is 10.0. The highest BCUT2D eigenvalue weighted by atomic mass is 16.5. The van der Waals surface area contributed by atoms with Crippen LogP contribution in [0.1, 0.15) is 16.1 Å². The molecular formula is C16H12N2O3. The van der Waals surface area contributed by atoms with E-state index in [-0.39, 0.29) is 17.3 Å². The summed E-state index contributed by atoms with van der Waals surface area (Å²) in [5.41, 5.74) is 5.94. The molecule has 5 nitrogen and oxygen atoms in total. The topological polar surface area (TPSA) is 89.3 Å². The molecule has 1 heterocycles. The average Bonchev–Trinajstić information content (AvgIpc) is 3.01. The Morgan fingerprint density at radius 3 is 2.62 bits per heavy atom. The molecule has 2 aromatic carbocycles. The predicted molar refractivity (Wildman–Crippen MR) is 78.6 cm³/mol. The third kappa shape index (κ3) is 2.36. The fourth-order valence-corrected chi connectivity index (χ4v) is 2.10. The minimum absolute atomic E-state index is 0.0948.